The molecule has 1 N–H and O–H groups in total. The fraction of sp³-hybridized carbons (Fsp3) is 0.421. The van der Waals surface area contributed by atoms with Crippen molar-refractivity contribution in [2.45, 2.75) is 38.7 Å². The van der Waals surface area contributed by atoms with Crippen LogP contribution in [-0.2, 0) is 4.79 Å². The molecule has 0 unspecified atom stereocenters. The highest BCUT2D eigenvalue weighted by atomic mass is 16.5. The molecule has 1 fully saturated rings. The van der Waals surface area contributed by atoms with E-state index in [4.69, 9.17) is 4.74 Å². The molecule has 1 saturated heterocycles. The van der Waals surface area contributed by atoms with Crippen LogP contribution in [0.4, 0.5) is 5.95 Å². The standard InChI is InChI=1S/C19H23N3O3/c1-13(9-14(2)23)15-3-5-17(6-4-15)25-18-7-8-22(12-18)19-20-10-16(24)11-21-19/h3-6,10-11,13,18,24H,7-9,12H2,1-2H3/t13-,18-/m1/s1. The third kappa shape index (κ3) is 4.47. The number of Topliss-reactive ketones (excluding diaryl/α,β-unsaturated/α-hetero) is 1. The average Bonchev–Trinajstić information content (AvgIpc) is 3.04. The SMILES string of the molecule is CC(=O)C[C@@H](C)c1ccc(O[C@@H]2CCN(c3ncc(O)cn3)C2)cc1. The lowest BCUT2D eigenvalue weighted by molar-refractivity contribution is -0.117. The van der Waals surface area contributed by atoms with Crippen molar-refractivity contribution < 1.29 is 14.6 Å². The Morgan fingerprint density at radius 2 is 2.00 bits per heavy atom. The number of aromatic hydroxyl groups is 1. The lowest BCUT2D eigenvalue weighted by atomic mass is 9.96. The van der Waals surface area contributed by atoms with Crippen molar-refractivity contribution in [2.75, 3.05) is 18.0 Å². The first-order valence-electron chi connectivity index (χ1n) is 8.53. The fourth-order valence-electron chi connectivity index (χ4n) is 3.10. The molecule has 1 aromatic carbocycles. The van der Waals surface area contributed by atoms with Gasteiger partial charge in [0, 0.05) is 19.4 Å². The molecule has 6 nitrogen and oxygen atoms in total. The van der Waals surface area contributed by atoms with Gasteiger partial charge in [-0.05, 0) is 30.5 Å². The van der Waals surface area contributed by atoms with E-state index in [9.17, 15) is 9.90 Å². The van der Waals surface area contributed by atoms with Crippen molar-refractivity contribution in [1.82, 2.24) is 9.97 Å². The van der Waals surface area contributed by atoms with Crippen molar-refractivity contribution in [3.63, 3.8) is 0 Å². The fourth-order valence-corrected chi connectivity index (χ4v) is 3.10. The quantitative estimate of drug-likeness (QED) is 0.871. The van der Waals surface area contributed by atoms with Crippen LogP contribution in [0.1, 0.15) is 38.2 Å². The molecule has 2 heterocycles. The molecular formula is C19H23N3O3. The Balaban J connectivity index is 1.56. The highest BCUT2D eigenvalue weighted by Gasteiger charge is 2.25. The summed E-state index contributed by atoms with van der Waals surface area (Å²) >= 11 is 0. The molecule has 0 bridgehead atoms. The van der Waals surface area contributed by atoms with Gasteiger partial charge in [-0.3, -0.25) is 0 Å². The molecule has 3 rings (SSSR count). The molecular weight excluding hydrogens is 318 g/mol. The largest absolute Gasteiger partial charge is 0.505 e. The molecule has 0 saturated carbocycles. The van der Waals surface area contributed by atoms with E-state index >= 15 is 0 Å². The van der Waals surface area contributed by atoms with Gasteiger partial charge >= 0.3 is 0 Å². The predicted molar refractivity (Wildman–Crippen MR) is 95.1 cm³/mol. The van der Waals surface area contributed by atoms with Crippen LogP contribution in [0.5, 0.6) is 11.5 Å². The second kappa shape index (κ2) is 7.51. The lowest BCUT2D eigenvalue weighted by Crippen LogP contribution is -2.25. The molecule has 6 heteroatoms. The summed E-state index contributed by atoms with van der Waals surface area (Å²) in [6.45, 7) is 5.22. The topological polar surface area (TPSA) is 75.5 Å². The molecule has 0 spiro atoms. The summed E-state index contributed by atoms with van der Waals surface area (Å²) < 4.78 is 6.05. The Labute approximate surface area is 147 Å². The number of benzene rings is 1. The third-order valence-electron chi connectivity index (χ3n) is 4.40. The van der Waals surface area contributed by atoms with Gasteiger partial charge in [-0.2, -0.15) is 0 Å². The van der Waals surface area contributed by atoms with Gasteiger partial charge in [0.15, 0.2) is 5.75 Å². The van der Waals surface area contributed by atoms with E-state index in [1.807, 2.05) is 29.2 Å². The van der Waals surface area contributed by atoms with Crippen LogP contribution in [0.3, 0.4) is 0 Å². The maximum absolute atomic E-state index is 11.2. The first-order valence-corrected chi connectivity index (χ1v) is 8.53. The Bertz CT molecular complexity index is 716. The van der Waals surface area contributed by atoms with Gasteiger partial charge in [-0.15, -0.1) is 0 Å². The van der Waals surface area contributed by atoms with E-state index in [1.54, 1.807) is 6.92 Å². The van der Waals surface area contributed by atoms with Gasteiger partial charge in [0.25, 0.3) is 0 Å². The molecule has 25 heavy (non-hydrogen) atoms. The molecule has 2 atom stereocenters. The van der Waals surface area contributed by atoms with E-state index in [-0.39, 0.29) is 23.6 Å². The monoisotopic (exact) mass is 341 g/mol. The maximum Gasteiger partial charge on any atom is 0.225 e. The van der Waals surface area contributed by atoms with Gasteiger partial charge in [-0.1, -0.05) is 19.1 Å². The number of carbonyl (C=O) groups is 1. The van der Waals surface area contributed by atoms with Gasteiger partial charge in [0.2, 0.25) is 5.95 Å². The van der Waals surface area contributed by atoms with E-state index < -0.39 is 0 Å². The van der Waals surface area contributed by atoms with E-state index in [2.05, 4.69) is 16.9 Å². The number of anilines is 1. The number of ketones is 1. The minimum atomic E-state index is 0.0647. The molecule has 1 aromatic heterocycles. The third-order valence-corrected chi connectivity index (χ3v) is 4.40. The normalized spacial score (nSPS) is 18.2. The number of rotatable bonds is 6. The van der Waals surface area contributed by atoms with Gasteiger partial charge in [-0.25, -0.2) is 9.97 Å². The van der Waals surface area contributed by atoms with Gasteiger partial charge in [0.05, 0.1) is 18.9 Å². The van der Waals surface area contributed by atoms with Crippen LogP contribution in [0.2, 0.25) is 0 Å². The number of hydrogen-bond donors (Lipinski definition) is 1. The minimum absolute atomic E-state index is 0.0647. The second-order valence-corrected chi connectivity index (χ2v) is 6.59. The van der Waals surface area contributed by atoms with Crippen LogP contribution in [0.25, 0.3) is 0 Å². The summed E-state index contributed by atoms with van der Waals surface area (Å²) in [6.07, 6.45) is 4.34. The Morgan fingerprint density at radius 3 is 2.64 bits per heavy atom. The summed E-state index contributed by atoms with van der Waals surface area (Å²) in [4.78, 5) is 21.6. The average molecular weight is 341 g/mol. The smallest absolute Gasteiger partial charge is 0.225 e. The minimum Gasteiger partial charge on any atom is -0.505 e. The van der Waals surface area contributed by atoms with Crippen molar-refractivity contribution >= 4 is 11.7 Å². The number of hydrogen-bond acceptors (Lipinski definition) is 6. The Kier molecular flexibility index (Phi) is 5.16. The Morgan fingerprint density at radius 1 is 1.32 bits per heavy atom. The molecule has 1 aliphatic rings. The van der Waals surface area contributed by atoms with E-state index in [0.717, 1.165) is 24.3 Å². The first kappa shape index (κ1) is 17.2. The molecule has 0 aliphatic carbocycles. The second-order valence-electron chi connectivity index (χ2n) is 6.59. The van der Waals surface area contributed by atoms with Gasteiger partial charge < -0.3 is 19.5 Å². The highest BCUT2D eigenvalue weighted by molar-refractivity contribution is 5.76. The van der Waals surface area contributed by atoms with Crippen molar-refractivity contribution in [3.8, 4) is 11.5 Å². The van der Waals surface area contributed by atoms with Crippen LogP contribution in [0, 0.1) is 0 Å². The summed E-state index contributed by atoms with van der Waals surface area (Å²) in [5, 5.41) is 9.27. The van der Waals surface area contributed by atoms with Gasteiger partial charge in [0.1, 0.15) is 17.6 Å². The number of nitrogens with zero attached hydrogens (tertiary/aromatic N) is 3. The molecule has 1 aliphatic heterocycles. The lowest BCUT2D eigenvalue weighted by Gasteiger charge is -2.17. The zero-order valence-electron chi connectivity index (χ0n) is 14.6. The molecule has 0 radical (unpaired) electrons. The summed E-state index contributed by atoms with van der Waals surface area (Å²) in [7, 11) is 0. The van der Waals surface area contributed by atoms with Crippen LogP contribution >= 0.6 is 0 Å². The number of ether oxygens (including phenoxy) is 1. The van der Waals surface area contributed by atoms with Crippen molar-refractivity contribution in [1.29, 1.82) is 0 Å². The summed E-state index contributed by atoms with van der Waals surface area (Å²) in [6, 6.07) is 7.98. The van der Waals surface area contributed by atoms with E-state index in [1.165, 1.54) is 12.4 Å². The maximum atomic E-state index is 11.2. The number of carbonyl (C=O) groups excluding carboxylic acids is 1. The van der Waals surface area contributed by atoms with Crippen molar-refractivity contribution in [2.24, 2.45) is 0 Å². The highest BCUT2D eigenvalue weighted by Crippen LogP contribution is 2.25. The molecule has 2 aromatic rings. The predicted octanol–water partition coefficient (Wildman–Crippen LogP) is 2.92. The summed E-state index contributed by atoms with van der Waals surface area (Å²) in [5.41, 5.74) is 1.15. The summed E-state index contributed by atoms with van der Waals surface area (Å²) in [5.74, 6) is 1.93. The zero-order valence-corrected chi connectivity index (χ0v) is 14.6. The molecule has 132 valence electrons. The van der Waals surface area contributed by atoms with Crippen molar-refractivity contribution in [3.05, 3.63) is 42.2 Å². The van der Waals surface area contributed by atoms with Crippen LogP contribution in [0.15, 0.2) is 36.7 Å². The van der Waals surface area contributed by atoms with Crippen LogP contribution < -0.4 is 9.64 Å². The first-order chi connectivity index (χ1) is 12.0. The van der Waals surface area contributed by atoms with Crippen LogP contribution in [-0.4, -0.2) is 40.1 Å². The Hall–Kier alpha value is -2.63. The van der Waals surface area contributed by atoms with E-state index in [0.29, 0.717) is 18.9 Å². The number of aromatic nitrogens is 2. The molecule has 0 amide bonds. The zero-order chi connectivity index (χ0) is 17.8.